The molecule has 5 aromatic carbocycles. The van der Waals surface area contributed by atoms with Gasteiger partial charge in [-0.1, -0.05) is 0 Å². The fourth-order valence-electron chi connectivity index (χ4n) is 8.99. The van der Waals surface area contributed by atoms with Gasteiger partial charge in [0.2, 0.25) is 17.2 Å². The van der Waals surface area contributed by atoms with E-state index >= 15 is 0 Å². The lowest BCUT2D eigenvalue weighted by Crippen LogP contribution is -2.54. The minimum absolute atomic E-state index is 0.246. The third-order valence-electron chi connectivity index (χ3n) is 12.0. The number of carbonyl (C=O) groups is 3. The van der Waals surface area contributed by atoms with Crippen LogP contribution < -0.4 is 4.74 Å². The van der Waals surface area contributed by atoms with Gasteiger partial charge >= 0.3 is 17.9 Å². The van der Waals surface area contributed by atoms with Crippen molar-refractivity contribution in [2.45, 2.75) is 49.0 Å². The van der Waals surface area contributed by atoms with Crippen molar-refractivity contribution in [3.8, 4) is 108 Å². The summed E-state index contributed by atoms with van der Waals surface area (Å²) in [7, 11) is 0. The molecule has 4 heterocycles. The number of phenolic OH excluding ortho intramolecular Hbond substituents is 14. The Bertz CT molecular complexity index is 3010. The molecular formula is C42H32O24. The first-order chi connectivity index (χ1) is 31.1. The second-order valence-corrected chi connectivity index (χ2v) is 15.6. The molecule has 17 N–H and O–H groups in total. The average Bonchev–Trinajstić information content (AvgIpc) is 3.28. The smallest absolute Gasteiger partial charge is 0.340 e. The Kier molecular flexibility index (Phi) is 9.35. The molecule has 0 amide bonds. The van der Waals surface area contributed by atoms with Crippen molar-refractivity contribution < 1.29 is 120 Å². The van der Waals surface area contributed by atoms with Crippen molar-refractivity contribution in [1.82, 2.24) is 0 Å². The molecule has 7 unspecified atom stereocenters. The largest absolute Gasteiger partial charge is 0.507 e. The molecule has 344 valence electrons. The van der Waals surface area contributed by atoms with Crippen LogP contribution in [0.15, 0.2) is 24.3 Å². The zero-order chi connectivity index (χ0) is 47.9. The van der Waals surface area contributed by atoms with E-state index in [1.807, 2.05) is 0 Å². The topological polar surface area (TPSA) is 432 Å². The average molecular weight is 921 g/mol. The van der Waals surface area contributed by atoms with Gasteiger partial charge in [-0.15, -0.1) is 0 Å². The van der Waals surface area contributed by atoms with Crippen LogP contribution in [0.1, 0.15) is 65.3 Å². The number of ether oxygens (including phenoxy) is 4. The van der Waals surface area contributed by atoms with E-state index in [-0.39, 0.29) is 11.1 Å². The summed E-state index contributed by atoms with van der Waals surface area (Å²) < 4.78 is 23.0. The number of rotatable bonds is 3. The Labute approximate surface area is 364 Å². The number of benzene rings is 5. The Morgan fingerprint density at radius 2 is 1.00 bits per heavy atom. The Hall–Kier alpha value is -8.61. The molecule has 5 aromatic rings. The molecule has 24 nitrogen and oxygen atoms in total. The van der Waals surface area contributed by atoms with Crippen LogP contribution in [0.2, 0.25) is 0 Å². The number of carbonyl (C=O) groups excluding carboxylic acids is 3. The summed E-state index contributed by atoms with van der Waals surface area (Å²) in [6.45, 7) is -1.40. The lowest BCUT2D eigenvalue weighted by Gasteiger charge is -2.43. The number of cyclic esters (lactones) is 1. The third kappa shape index (κ3) is 5.71. The first kappa shape index (κ1) is 42.7. The van der Waals surface area contributed by atoms with Gasteiger partial charge in [0.1, 0.15) is 23.4 Å². The van der Waals surface area contributed by atoms with E-state index in [1.54, 1.807) is 0 Å². The molecule has 0 saturated heterocycles. The molecule has 24 heteroatoms. The Morgan fingerprint density at radius 3 is 1.62 bits per heavy atom. The van der Waals surface area contributed by atoms with E-state index in [0.29, 0.717) is 12.1 Å². The molecule has 66 heavy (non-hydrogen) atoms. The number of aliphatic hydroxyl groups excluding tert-OH is 3. The molecular weight excluding hydrogens is 888 g/mol. The van der Waals surface area contributed by atoms with Crippen LogP contribution >= 0.6 is 0 Å². The predicted octanol–water partition coefficient (Wildman–Crippen LogP) is 1.04. The lowest BCUT2D eigenvalue weighted by molar-refractivity contribution is -0.130. The van der Waals surface area contributed by atoms with E-state index in [4.69, 9.17) is 18.9 Å². The minimum Gasteiger partial charge on any atom is -0.507 e. The molecule has 4 aliphatic heterocycles. The number of esters is 3. The van der Waals surface area contributed by atoms with Crippen molar-refractivity contribution in [3.63, 3.8) is 0 Å². The normalized spacial score (nSPS) is 22.8. The summed E-state index contributed by atoms with van der Waals surface area (Å²) in [5.74, 6) is -26.6. The maximum absolute atomic E-state index is 14.9. The van der Waals surface area contributed by atoms with Crippen molar-refractivity contribution in [2.75, 3.05) is 6.61 Å². The predicted molar refractivity (Wildman–Crippen MR) is 209 cm³/mol. The Morgan fingerprint density at radius 1 is 0.470 bits per heavy atom. The second-order valence-electron chi connectivity index (χ2n) is 15.6. The van der Waals surface area contributed by atoms with Crippen molar-refractivity contribution >= 4 is 17.9 Å². The van der Waals surface area contributed by atoms with Crippen LogP contribution in [0.3, 0.4) is 0 Å². The van der Waals surface area contributed by atoms with E-state index in [0.717, 1.165) is 12.1 Å². The maximum atomic E-state index is 14.9. The van der Waals surface area contributed by atoms with Gasteiger partial charge in [-0.3, -0.25) is 0 Å². The third-order valence-corrected chi connectivity index (χ3v) is 12.0. The summed E-state index contributed by atoms with van der Waals surface area (Å²) in [4.78, 5) is 43.5. The first-order valence-corrected chi connectivity index (χ1v) is 19.1. The van der Waals surface area contributed by atoms with Crippen molar-refractivity contribution in [3.05, 3.63) is 63.2 Å². The molecule has 0 spiro atoms. The van der Waals surface area contributed by atoms with Gasteiger partial charge in [0.25, 0.3) is 0 Å². The van der Waals surface area contributed by atoms with Crippen LogP contribution in [-0.4, -0.2) is 142 Å². The van der Waals surface area contributed by atoms with Crippen molar-refractivity contribution in [1.29, 1.82) is 0 Å². The number of hydrogen-bond donors (Lipinski definition) is 17. The SMILES string of the molecule is O=C1OC(CO)C(O)C2OC(=O)c3c(c(O)c(O)c(O)c3-c3c(O)c(O)c(O)c4c3C(=O)OC2C4c2c(O)cc(O)c3c2OC(c2cc(O)c(O)c(O)c2)C(O)C3)-c2c1cc(O)c(O)c2O. The second kappa shape index (κ2) is 14.5. The monoisotopic (exact) mass is 920 g/mol. The van der Waals surface area contributed by atoms with Crippen LogP contribution in [0.5, 0.6) is 86.2 Å². The quantitative estimate of drug-likeness (QED) is 0.0683. The summed E-state index contributed by atoms with van der Waals surface area (Å²) in [6.07, 6.45) is -14.0. The first-order valence-electron chi connectivity index (χ1n) is 19.1. The van der Waals surface area contributed by atoms with Gasteiger partial charge in [-0.2, -0.15) is 0 Å². The van der Waals surface area contributed by atoms with Crippen molar-refractivity contribution in [2.24, 2.45) is 0 Å². The standard InChI is InChI=1S/C42H32O24/c43-6-16-28(52)39-38-23(18-11(45)5-10(44)8-3-15(49)36(64-37(8)18)7-1-12(46)26(50)13(47)2-7)22-25(41(61)65-38)21(32(56)35(59)33(22)57)20-24(42(62)66-39)19(30(54)34(58)31(20)55)17-9(40(60)63-16)4-14(48)27(51)29(17)53/h1-2,4-5,15-16,23,28,36,38-39,43-59H,3,6H2. The van der Waals surface area contributed by atoms with E-state index in [1.165, 1.54) is 0 Å². The highest BCUT2D eigenvalue weighted by Crippen LogP contribution is 2.64. The summed E-state index contributed by atoms with van der Waals surface area (Å²) in [6, 6.07) is 2.81. The van der Waals surface area contributed by atoms with Gasteiger partial charge in [-0.25, -0.2) is 14.4 Å². The summed E-state index contributed by atoms with van der Waals surface area (Å²) in [5.41, 5.74) is -10.9. The molecule has 7 atom stereocenters. The molecule has 0 fully saturated rings. The minimum atomic E-state index is -2.64. The highest BCUT2D eigenvalue weighted by Gasteiger charge is 2.55. The van der Waals surface area contributed by atoms with Gasteiger partial charge in [-0.05, 0) is 18.2 Å². The molecule has 9 rings (SSSR count). The van der Waals surface area contributed by atoms with E-state index in [2.05, 4.69) is 0 Å². The highest BCUT2D eigenvalue weighted by atomic mass is 16.6. The van der Waals surface area contributed by atoms with Gasteiger partial charge in [0.15, 0.2) is 76.2 Å². The zero-order valence-electron chi connectivity index (χ0n) is 32.7. The van der Waals surface area contributed by atoms with Gasteiger partial charge in [0.05, 0.1) is 35.3 Å². The number of hydrogen-bond acceptors (Lipinski definition) is 24. The highest BCUT2D eigenvalue weighted by molar-refractivity contribution is 6.16. The molecule has 0 saturated carbocycles. The van der Waals surface area contributed by atoms with Crippen LogP contribution in [0, 0.1) is 0 Å². The number of fused-ring (bicyclic) bond motifs is 9. The van der Waals surface area contributed by atoms with Crippen LogP contribution in [-0.2, 0) is 20.6 Å². The maximum Gasteiger partial charge on any atom is 0.340 e. The fourth-order valence-corrected chi connectivity index (χ4v) is 8.99. The van der Waals surface area contributed by atoms with Gasteiger partial charge in [0, 0.05) is 57.0 Å². The van der Waals surface area contributed by atoms with Gasteiger partial charge < -0.3 is 106 Å². The Balaban J connectivity index is 1.46. The molecule has 0 aromatic heterocycles. The number of aromatic hydroxyl groups is 14. The lowest BCUT2D eigenvalue weighted by atomic mass is 9.73. The molecule has 0 aliphatic carbocycles. The van der Waals surface area contributed by atoms with Crippen LogP contribution in [0.4, 0.5) is 0 Å². The summed E-state index contributed by atoms with van der Waals surface area (Å²) in [5, 5.41) is 189. The fraction of sp³-hybridized carbons (Fsp3) is 0.214. The molecule has 4 aliphatic rings. The van der Waals surface area contributed by atoms with E-state index < -0.39 is 210 Å². The summed E-state index contributed by atoms with van der Waals surface area (Å²) >= 11 is 0. The zero-order valence-corrected chi connectivity index (χ0v) is 32.7. The van der Waals surface area contributed by atoms with E-state index in [9.17, 15) is 101 Å². The van der Waals surface area contributed by atoms with Crippen LogP contribution in [0.25, 0.3) is 22.3 Å². The molecule has 4 bridgehead atoms. The number of phenols is 14. The molecule has 0 radical (unpaired) electrons. The number of aliphatic hydroxyl groups is 3.